The van der Waals surface area contributed by atoms with Crippen LogP contribution >= 0.6 is 0 Å². The summed E-state index contributed by atoms with van der Waals surface area (Å²) in [5.41, 5.74) is 5.37. The summed E-state index contributed by atoms with van der Waals surface area (Å²) >= 11 is 0. The molecule has 110 valence electrons. The molecule has 3 heterocycles. The van der Waals surface area contributed by atoms with Crippen molar-refractivity contribution in [1.82, 2.24) is 10.2 Å². The van der Waals surface area contributed by atoms with Gasteiger partial charge >= 0.3 is 0 Å². The van der Waals surface area contributed by atoms with Crippen molar-refractivity contribution < 1.29 is 9.21 Å². The smallest absolute Gasteiger partial charge is 0.269 e. The lowest BCUT2D eigenvalue weighted by Gasteiger charge is -2.37. The Bertz CT molecular complexity index is 609. The van der Waals surface area contributed by atoms with Crippen molar-refractivity contribution in [3.8, 4) is 0 Å². The molecule has 6 heteroatoms. The predicted octanol–water partition coefficient (Wildman–Crippen LogP) is 2.15. The first-order valence-electron chi connectivity index (χ1n) is 7.08. The van der Waals surface area contributed by atoms with Crippen molar-refractivity contribution in [2.45, 2.75) is 25.8 Å². The normalized spacial score (nSPS) is 22.2. The van der Waals surface area contributed by atoms with Gasteiger partial charge in [0.1, 0.15) is 5.76 Å². The molecule has 0 radical (unpaired) electrons. The largest absolute Gasteiger partial charge is 0.467 e. The summed E-state index contributed by atoms with van der Waals surface area (Å²) in [6.45, 7) is 3.13. The third-order valence-electron chi connectivity index (χ3n) is 3.93. The molecule has 2 aromatic heterocycles. The third-order valence-corrected chi connectivity index (χ3v) is 3.93. The molecule has 1 aliphatic heterocycles. The van der Waals surface area contributed by atoms with Gasteiger partial charge in [-0.2, -0.15) is 0 Å². The van der Waals surface area contributed by atoms with Gasteiger partial charge in [-0.15, -0.1) is 10.2 Å². The standard InChI is InChI=1S/C15H18N4O2/c1-10-6-7-19(12(9-10)13-3-2-8-21-13)14-5-4-11(15(16)20)17-18-14/h2-5,8,10,12H,6-7,9H2,1H3,(H2,16,20). The van der Waals surface area contributed by atoms with Crippen LogP contribution in [0.15, 0.2) is 34.9 Å². The van der Waals surface area contributed by atoms with Crippen LogP contribution in [0.1, 0.15) is 42.1 Å². The van der Waals surface area contributed by atoms with Gasteiger partial charge in [-0.25, -0.2) is 0 Å². The summed E-state index contributed by atoms with van der Waals surface area (Å²) in [6, 6.07) is 7.44. The van der Waals surface area contributed by atoms with Gasteiger partial charge in [0.15, 0.2) is 11.5 Å². The molecule has 1 aliphatic rings. The second kappa shape index (κ2) is 5.55. The van der Waals surface area contributed by atoms with Gasteiger partial charge in [-0.3, -0.25) is 4.79 Å². The quantitative estimate of drug-likeness (QED) is 0.934. The van der Waals surface area contributed by atoms with E-state index in [9.17, 15) is 4.79 Å². The lowest BCUT2D eigenvalue weighted by molar-refractivity contribution is 0.0994. The monoisotopic (exact) mass is 286 g/mol. The van der Waals surface area contributed by atoms with E-state index < -0.39 is 5.91 Å². The maximum absolute atomic E-state index is 11.1. The lowest BCUT2D eigenvalue weighted by Crippen LogP contribution is -2.36. The van der Waals surface area contributed by atoms with Gasteiger partial charge in [0.2, 0.25) is 0 Å². The fraction of sp³-hybridized carbons (Fsp3) is 0.400. The molecular formula is C15H18N4O2. The molecule has 0 bridgehead atoms. The summed E-state index contributed by atoms with van der Waals surface area (Å²) < 4.78 is 5.57. The topological polar surface area (TPSA) is 85.2 Å². The van der Waals surface area contributed by atoms with E-state index in [0.29, 0.717) is 5.92 Å². The van der Waals surface area contributed by atoms with Crippen molar-refractivity contribution in [1.29, 1.82) is 0 Å². The number of rotatable bonds is 3. The highest BCUT2D eigenvalue weighted by Gasteiger charge is 2.30. The molecule has 0 spiro atoms. The van der Waals surface area contributed by atoms with Crippen molar-refractivity contribution in [2.75, 3.05) is 11.4 Å². The van der Waals surface area contributed by atoms with Crippen LogP contribution < -0.4 is 10.6 Å². The molecule has 1 saturated heterocycles. The SMILES string of the molecule is CC1CCN(c2ccc(C(N)=O)nn2)C(c2ccco2)C1. The van der Waals surface area contributed by atoms with E-state index >= 15 is 0 Å². The number of furan rings is 1. The Labute approximate surface area is 123 Å². The number of piperidine rings is 1. The molecule has 6 nitrogen and oxygen atoms in total. The van der Waals surface area contributed by atoms with E-state index in [2.05, 4.69) is 22.0 Å². The third kappa shape index (κ3) is 2.74. The minimum absolute atomic E-state index is 0.150. The zero-order valence-corrected chi connectivity index (χ0v) is 11.9. The van der Waals surface area contributed by atoms with Crippen LogP contribution in [-0.4, -0.2) is 22.6 Å². The van der Waals surface area contributed by atoms with Crippen molar-refractivity contribution >= 4 is 11.7 Å². The van der Waals surface area contributed by atoms with Crippen LogP contribution in [-0.2, 0) is 0 Å². The van der Waals surface area contributed by atoms with E-state index in [0.717, 1.165) is 31.0 Å². The second-order valence-corrected chi connectivity index (χ2v) is 5.50. The molecule has 0 saturated carbocycles. The number of amides is 1. The molecule has 21 heavy (non-hydrogen) atoms. The summed E-state index contributed by atoms with van der Waals surface area (Å²) in [6.07, 6.45) is 3.79. The van der Waals surface area contributed by atoms with E-state index in [1.807, 2.05) is 12.1 Å². The van der Waals surface area contributed by atoms with Crippen LogP contribution in [0.2, 0.25) is 0 Å². The highest BCUT2D eigenvalue weighted by atomic mass is 16.3. The van der Waals surface area contributed by atoms with Crippen LogP contribution in [0.3, 0.4) is 0 Å². The highest BCUT2D eigenvalue weighted by Crippen LogP contribution is 2.36. The number of primary amides is 1. The molecule has 0 aliphatic carbocycles. The van der Waals surface area contributed by atoms with Gasteiger partial charge in [0, 0.05) is 6.54 Å². The number of aromatic nitrogens is 2. The van der Waals surface area contributed by atoms with Crippen molar-refractivity contribution in [3.63, 3.8) is 0 Å². The number of hydrogen-bond acceptors (Lipinski definition) is 5. The van der Waals surface area contributed by atoms with Crippen LogP contribution in [0.4, 0.5) is 5.82 Å². The molecule has 1 amide bonds. The number of carbonyl (C=O) groups excluding carboxylic acids is 1. The fourth-order valence-electron chi connectivity index (χ4n) is 2.78. The maximum atomic E-state index is 11.1. The minimum Gasteiger partial charge on any atom is -0.467 e. The van der Waals surface area contributed by atoms with Crippen molar-refractivity contribution in [3.05, 3.63) is 42.0 Å². The Morgan fingerprint density at radius 1 is 1.38 bits per heavy atom. The average Bonchev–Trinajstić information content (AvgIpc) is 3.01. The Kier molecular flexibility index (Phi) is 3.60. The first-order chi connectivity index (χ1) is 10.1. The molecular weight excluding hydrogens is 268 g/mol. The molecule has 0 aromatic carbocycles. The van der Waals surface area contributed by atoms with Gasteiger partial charge < -0.3 is 15.1 Å². The van der Waals surface area contributed by atoms with Crippen LogP contribution in [0.25, 0.3) is 0 Å². The predicted molar refractivity (Wildman–Crippen MR) is 77.7 cm³/mol. The molecule has 3 rings (SSSR count). The molecule has 1 fully saturated rings. The minimum atomic E-state index is -0.566. The zero-order valence-electron chi connectivity index (χ0n) is 11.9. The number of nitrogens with two attached hydrogens (primary N) is 1. The van der Waals surface area contributed by atoms with E-state index in [1.165, 1.54) is 0 Å². The Balaban J connectivity index is 1.89. The summed E-state index contributed by atoms with van der Waals surface area (Å²) in [4.78, 5) is 13.3. The Morgan fingerprint density at radius 3 is 2.86 bits per heavy atom. The first-order valence-corrected chi connectivity index (χ1v) is 7.08. The van der Waals surface area contributed by atoms with Crippen molar-refractivity contribution in [2.24, 2.45) is 11.7 Å². The lowest BCUT2D eigenvalue weighted by atomic mass is 9.91. The highest BCUT2D eigenvalue weighted by molar-refractivity contribution is 5.90. The van der Waals surface area contributed by atoms with E-state index in [-0.39, 0.29) is 11.7 Å². The Morgan fingerprint density at radius 2 is 2.24 bits per heavy atom. The second-order valence-electron chi connectivity index (χ2n) is 5.50. The number of hydrogen-bond donors (Lipinski definition) is 1. The maximum Gasteiger partial charge on any atom is 0.269 e. The summed E-state index contributed by atoms with van der Waals surface area (Å²) in [5.74, 6) is 1.74. The summed E-state index contributed by atoms with van der Waals surface area (Å²) in [7, 11) is 0. The molecule has 2 aromatic rings. The van der Waals surface area contributed by atoms with E-state index in [1.54, 1.807) is 18.4 Å². The average molecular weight is 286 g/mol. The van der Waals surface area contributed by atoms with E-state index in [4.69, 9.17) is 10.2 Å². The molecule has 2 N–H and O–H groups in total. The first kappa shape index (κ1) is 13.6. The zero-order chi connectivity index (χ0) is 14.8. The summed E-state index contributed by atoms with van der Waals surface area (Å²) in [5, 5.41) is 8.03. The number of anilines is 1. The Hall–Kier alpha value is -2.37. The molecule has 2 unspecified atom stereocenters. The van der Waals surface area contributed by atoms with Gasteiger partial charge in [0.25, 0.3) is 5.91 Å². The molecule has 2 atom stereocenters. The number of carbonyl (C=O) groups is 1. The van der Waals surface area contributed by atoms with Gasteiger partial charge in [-0.05, 0) is 43.0 Å². The van der Waals surface area contributed by atoms with Crippen LogP contribution in [0, 0.1) is 5.92 Å². The van der Waals surface area contributed by atoms with Crippen LogP contribution in [0.5, 0.6) is 0 Å². The number of nitrogens with zero attached hydrogens (tertiary/aromatic N) is 3. The van der Waals surface area contributed by atoms with Gasteiger partial charge in [-0.1, -0.05) is 6.92 Å². The van der Waals surface area contributed by atoms with Gasteiger partial charge in [0.05, 0.1) is 12.3 Å². The fourth-order valence-corrected chi connectivity index (χ4v) is 2.78.